The molecule has 10 nitrogen and oxygen atoms in total. The molecule has 1 amide bonds. The maximum absolute atomic E-state index is 12.7. The summed E-state index contributed by atoms with van der Waals surface area (Å²) in [5.41, 5.74) is 5.92. The van der Waals surface area contributed by atoms with E-state index in [-0.39, 0.29) is 25.0 Å². The van der Waals surface area contributed by atoms with E-state index in [1.165, 1.54) is 140 Å². The summed E-state index contributed by atoms with van der Waals surface area (Å²) in [7, 11) is 0. The molecular formula is C42H80N2O8S. The SMILES string of the molecule is CCCCCCCCCCCCCCCC(=O)OC[C@H](CSCC[C@H](N)C(=O)N[C@@H](CO)C(=O)O)OC(=O)CCCCCCCCCCCCCCC. The van der Waals surface area contributed by atoms with Gasteiger partial charge < -0.3 is 30.7 Å². The van der Waals surface area contributed by atoms with E-state index in [1.807, 2.05) is 0 Å². The predicted molar refractivity (Wildman–Crippen MR) is 218 cm³/mol. The number of nitrogens with two attached hydrogens (primary N) is 1. The van der Waals surface area contributed by atoms with Crippen molar-refractivity contribution in [3.8, 4) is 0 Å². The van der Waals surface area contributed by atoms with E-state index in [1.54, 1.807) is 0 Å². The topological polar surface area (TPSA) is 165 Å². The van der Waals surface area contributed by atoms with Crippen molar-refractivity contribution >= 4 is 35.6 Å². The summed E-state index contributed by atoms with van der Waals surface area (Å²) in [5, 5.41) is 20.4. The largest absolute Gasteiger partial charge is 0.480 e. The van der Waals surface area contributed by atoms with E-state index in [2.05, 4.69) is 19.2 Å². The number of esters is 2. The first kappa shape index (κ1) is 51.1. The van der Waals surface area contributed by atoms with Crippen LogP contribution in [0.1, 0.15) is 200 Å². The maximum atomic E-state index is 12.7. The van der Waals surface area contributed by atoms with E-state index < -0.39 is 36.7 Å². The van der Waals surface area contributed by atoms with Gasteiger partial charge in [0.25, 0.3) is 0 Å². The molecule has 0 aromatic carbocycles. The molecule has 312 valence electrons. The van der Waals surface area contributed by atoms with Gasteiger partial charge >= 0.3 is 17.9 Å². The number of thioether (sulfide) groups is 1. The highest BCUT2D eigenvalue weighted by Gasteiger charge is 2.23. The van der Waals surface area contributed by atoms with Gasteiger partial charge in [-0.2, -0.15) is 11.8 Å². The number of nitrogens with one attached hydrogen (secondary N) is 1. The zero-order chi connectivity index (χ0) is 39.2. The van der Waals surface area contributed by atoms with Gasteiger partial charge in [-0.15, -0.1) is 0 Å². The van der Waals surface area contributed by atoms with Crippen LogP contribution in [0.4, 0.5) is 0 Å². The normalized spacial score (nSPS) is 13.0. The van der Waals surface area contributed by atoms with Crippen LogP contribution in [0.2, 0.25) is 0 Å². The molecule has 0 unspecified atom stereocenters. The van der Waals surface area contributed by atoms with E-state index >= 15 is 0 Å². The number of hydrogen-bond acceptors (Lipinski definition) is 9. The number of rotatable bonds is 40. The van der Waals surface area contributed by atoms with Crippen molar-refractivity contribution < 1.29 is 38.9 Å². The van der Waals surface area contributed by atoms with Gasteiger partial charge in [-0.3, -0.25) is 14.4 Å². The minimum Gasteiger partial charge on any atom is -0.480 e. The van der Waals surface area contributed by atoms with Crippen molar-refractivity contribution in [2.24, 2.45) is 5.73 Å². The van der Waals surface area contributed by atoms with Crippen molar-refractivity contribution in [2.75, 3.05) is 24.7 Å². The summed E-state index contributed by atoms with van der Waals surface area (Å²) in [5.74, 6) is -1.76. The summed E-state index contributed by atoms with van der Waals surface area (Å²) in [6, 6.07) is -2.36. The molecule has 0 bridgehead atoms. The first-order valence-electron chi connectivity index (χ1n) is 21.6. The van der Waals surface area contributed by atoms with Crippen LogP contribution in [0, 0.1) is 0 Å². The lowest BCUT2D eigenvalue weighted by molar-refractivity contribution is -0.157. The van der Waals surface area contributed by atoms with Crippen LogP contribution in [-0.2, 0) is 28.7 Å². The lowest BCUT2D eigenvalue weighted by atomic mass is 10.0. The molecule has 0 aromatic heterocycles. The third-order valence-corrected chi connectivity index (χ3v) is 10.8. The van der Waals surface area contributed by atoms with Crippen molar-refractivity contribution in [1.82, 2.24) is 5.32 Å². The lowest BCUT2D eigenvalue weighted by Crippen LogP contribution is -2.50. The van der Waals surface area contributed by atoms with Crippen molar-refractivity contribution in [3.63, 3.8) is 0 Å². The molecule has 0 aromatic rings. The molecule has 0 rings (SSSR count). The molecular weight excluding hydrogens is 693 g/mol. The Morgan fingerprint density at radius 2 is 1.02 bits per heavy atom. The molecule has 0 radical (unpaired) electrons. The molecule has 0 aliphatic carbocycles. The van der Waals surface area contributed by atoms with Crippen molar-refractivity contribution in [2.45, 2.75) is 218 Å². The maximum Gasteiger partial charge on any atom is 0.328 e. The fraction of sp³-hybridized carbons (Fsp3) is 0.905. The van der Waals surface area contributed by atoms with Gasteiger partial charge in [-0.25, -0.2) is 4.79 Å². The average Bonchev–Trinajstić information content (AvgIpc) is 3.14. The first-order valence-corrected chi connectivity index (χ1v) is 22.7. The number of carboxylic acid groups (broad SMARTS) is 1. The van der Waals surface area contributed by atoms with Gasteiger partial charge in [-0.05, 0) is 25.0 Å². The Labute approximate surface area is 327 Å². The number of carbonyl (C=O) groups is 4. The highest BCUT2D eigenvalue weighted by molar-refractivity contribution is 7.99. The zero-order valence-electron chi connectivity index (χ0n) is 33.9. The summed E-state index contributed by atoms with van der Waals surface area (Å²) >= 11 is 1.42. The summed E-state index contributed by atoms with van der Waals surface area (Å²) in [6.45, 7) is 3.75. The molecule has 5 N–H and O–H groups in total. The number of ether oxygens (including phenoxy) is 2. The third kappa shape index (κ3) is 34.4. The van der Waals surface area contributed by atoms with Crippen LogP contribution in [0.5, 0.6) is 0 Å². The van der Waals surface area contributed by atoms with Crippen LogP contribution >= 0.6 is 11.8 Å². The van der Waals surface area contributed by atoms with E-state index in [0.29, 0.717) is 24.3 Å². The van der Waals surface area contributed by atoms with Gasteiger partial charge in [0.15, 0.2) is 0 Å². The number of aliphatic hydroxyl groups excluding tert-OH is 1. The molecule has 0 aliphatic heterocycles. The van der Waals surface area contributed by atoms with E-state index in [4.69, 9.17) is 25.4 Å². The number of unbranched alkanes of at least 4 members (excludes halogenated alkanes) is 24. The Bertz CT molecular complexity index is 893. The highest BCUT2D eigenvalue weighted by atomic mass is 32.2. The number of hydrogen-bond donors (Lipinski definition) is 4. The summed E-state index contributed by atoms with van der Waals surface area (Å²) in [6.07, 6.45) is 32.3. The number of aliphatic carboxylic acids is 1. The van der Waals surface area contributed by atoms with Crippen molar-refractivity contribution in [1.29, 1.82) is 0 Å². The van der Waals surface area contributed by atoms with E-state index in [0.717, 1.165) is 38.5 Å². The third-order valence-electron chi connectivity index (χ3n) is 9.71. The second-order valence-corrected chi connectivity index (χ2v) is 16.0. The molecule has 11 heteroatoms. The Morgan fingerprint density at radius 3 is 1.42 bits per heavy atom. The number of aliphatic hydroxyl groups is 1. The molecule has 0 saturated carbocycles. The Balaban J connectivity index is 4.43. The zero-order valence-corrected chi connectivity index (χ0v) is 34.7. The summed E-state index contributed by atoms with van der Waals surface area (Å²) < 4.78 is 11.3. The molecule has 0 fully saturated rings. The predicted octanol–water partition coefficient (Wildman–Crippen LogP) is 9.42. The quantitative estimate of drug-likeness (QED) is 0.0348. The van der Waals surface area contributed by atoms with E-state index in [9.17, 15) is 19.2 Å². The molecule has 0 saturated heterocycles. The minimum atomic E-state index is -1.41. The standard InChI is InChI=1S/C42H80N2O8S/c1-3-5-7-9-11-13-15-17-19-21-23-25-27-29-39(46)51-34-36(35-53-32-31-37(43)41(48)44-38(33-45)42(49)50)52-40(47)30-28-26-24-22-20-18-16-14-12-10-8-6-4-2/h36-38,45H,3-35,43H2,1-2H3,(H,44,48)(H,49,50)/t36-,37+,38+/m1/s1. The summed E-state index contributed by atoms with van der Waals surface area (Å²) in [4.78, 5) is 48.5. The molecule has 53 heavy (non-hydrogen) atoms. The molecule has 0 spiro atoms. The molecule has 0 aliphatic rings. The van der Waals surface area contributed by atoms with Gasteiger partial charge in [-0.1, -0.05) is 168 Å². The Hall–Kier alpha value is -1.85. The number of amides is 1. The molecule has 0 heterocycles. The lowest BCUT2D eigenvalue weighted by Gasteiger charge is -2.19. The fourth-order valence-electron chi connectivity index (χ4n) is 6.21. The number of carbonyl (C=O) groups excluding carboxylic acids is 3. The van der Waals surface area contributed by atoms with Crippen molar-refractivity contribution in [3.05, 3.63) is 0 Å². The van der Waals surface area contributed by atoms with Crippen LogP contribution < -0.4 is 11.1 Å². The number of carboxylic acids is 1. The highest BCUT2D eigenvalue weighted by Crippen LogP contribution is 2.16. The smallest absolute Gasteiger partial charge is 0.328 e. The Kier molecular flexibility index (Phi) is 37.1. The van der Waals surface area contributed by atoms with Crippen LogP contribution in [0.25, 0.3) is 0 Å². The first-order chi connectivity index (χ1) is 25.7. The molecule has 3 atom stereocenters. The second kappa shape index (κ2) is 38.4. The van der Waals surface area contributed by atoms with Crippen LogP contribution in [0.3, 0.4) is 0 Å². The van der Waals surface area contributed by atoms with Crippen LogP contribution in [0.15, 0.2) is 0 Å². The van der Waals surface area contributed by atoms with Gasteiger partial charge in [0.05, 0.1) is 12.6 Å². The Morgan fingerprint density at radius 1 is 0.623 bits per heavy atom. The minimum absolute atomic E-state index is 0.0159. The van der Waals surface area contributed by atoms with Gasteiger partial charge in [0, 0.05) is 18.6 Å². The van der Waals surface area contributed by atoms with Gasteiger partial charge in [0.1, 0.15) is 18.8 Å². The monoisotopic (exact) mass is 773 g/mol. The average molecular weight is 773 g/mol. The van der Waals surface area contributed by atoms with Crippen LogP contribution in [-0.4, -0.2) is 76.9 Å². The fourth-order valence-corrected chi connectivity index (χ4v) is 7.23. The second-order valence-electron chi connectivity index (χ2n) is 14.8. The van der Waals surface area contributed by atoms with Gasteiger partial charge in [0.2, 0.25) is 5.91 Å².